The molecule has 0 aliphatic heterocycles. The lowest BCUT2D eigenvalue weighted by molar-refractivity contribution is 0.354. The van der Waals surface area contributed by atoms with E-state index in [-0.39, 0.29) is 0 Å². The molecule has 2 rings (SSSR count). The number of hydrogen-bond donors (Lipinski definition) is 1. The molecule has 0 aromatic heterocycles. The third-order valence-corrected chi connectivity index (χ3v) is 3.82. The maximum absolute atomic E-state index is 5.36. The molecule has 2 aromatic rings. The second-order valence-electron chi connectivity index (χ2n) is 5.70. The van der Waals surface area contributed by atoms with Gasteiger partial charge < -0.3 is 19.7 Å². The Morgan fingerprint density at radius 2 is 1.72 bits per heavy atom. The van der Waals surface area contributed by atoms with Crippen LogP contribution in [0.3, 0.4) is 0 Å². The molecule has 0 fully saturated rings. The van der Waals surface area contributed by atoms with Crippen LogP contribution in [0.25, 0.3) is 0 Å². The van der Waals surface area contributed by atoms with Gasteiger partial charge in [0, 0.05) is 20.1 Å². The summed E-state index contributed by atoms with van der Waals surface area (Å²) in [7, 11) is 5.32. The van der Waals surface area contributed by atoms with Gasteiger partial charge in [-0.2, -0.15) is 0 Å². The molecule has 0 spiro atoms. The van der Waals surface area contributed by atoms with Crippen LogP contribution in [0.15, 0.2) is 53.5 Å². The van der Waals surface area contributed by atoms with Gasteiger partial charge in [0.05, 0.1) is 20.8 Å². The second-order valence-corrected chi connectivity index (χ2v) is 5.70. The molecule has 25 heavy (non-hydrogen) atoms. The van der Waals surface area contributed by atoms with E-state index in [4.69, 9.17) is 14.5 Å². The van der Waals surface area contributed by atoms with Crippen molar-refractivity contribution in [2.45, 2.75) is 20.0 Å². The van der Waals surface area contributed by atoms with E-state index in [2.05, 4.69) is 41.4 Å². The lowest BCUT2D eigenvalue weighted by Crippen LogP contribution is -2.38. The van der Waals surface area contributed by atoms with E-state index < -0.39 is 0 Å². The molecule has 0 bridgehead atoms. The number of nitrogens with zero attached hydrogens (tertiary/aromatic N) is 2. The maximum atomic E-state index is 5.36. The number of benzene rings is 2. The summed E-state index contributed by atoms with van der Waals surface area (Å²) in [6, 6.07) is 16.2. The Kier molecular flexibility index (Phi) is 7.14. The zero-order valence-corrected chi connectivity index (χ0v) is 15.5. The smallest absolute Gasteiger partial charge is 0.194 e. The van der Waals surface area contributed by atoms with Crippen LogP contribution >= 0.6 is 0 Å². The van der Waals surface area contributed by atoms with Gasteiger partial charge in [0.1, 0.15) is 0 Å². The third-order valence-electron chi connectivity index (χ3n) is 3.82. The average Bonchev–Trinajstić information content (AvgIpc) is 2.65. The topological polar surface area (TPSA) is 46.1 Å². The number of ether oxygens (including phenoxy) is 2. The average molecular weight is 341 g/mol. The van der Waals surface area contributed by atoms with Crippen LogP contribution in [-0.2, 0) is 13.1 Å². The van der Waals surface area contributed by atoms with E-state index in [1.54, 1.807) is 14.2 Å². The largest absolute Gasteiger partial charge is 0.493 e. The molecule has 1 N–H and O–H groups in total. The zero-order valence-electron chi connectivity index (χ0n) is 15.5. The molecule has 0 heterocycles. The molecule has 0 unspecified atom stereocenters. The standard InChI is InChI=1S/C20H27N3O2/c1-5-21-20(23(2)15-16-9-7-6-8-10-16)22-14-17-11-12-18(24-3)19(13-17)25-4/h6-13H,5,14-15H2,1-4H3,(H,21,22). The van der Waals surface area contributed by atoms with Crippen molar-refractivity contribution in [2.75, 3.05) is 27.8 Å². The quantitative estimate of drug-likeness (QED) is 0.620. The molecule has 0 radical (unpaired) electrons. The van der Waals surface area contributed by atoms with Crippen LogP contribution in [0.5, 0.6) is 11.5 Å². The molecule has 0 atom stereocenters. The van der Waals surface area contributed by atoms with E-state index in [1.807, 2.05) is 31.3 Å². The number of guanidine groups is 1. The Balaban J connectivity index is 2.11. The molecular formula is C20H27N3O2. The molecular weight excluding hydrogens is 314 g/mol. The Morgan fingerprint density at radius 3 is 2.36 bits per heavy atom. The summed E-state index contributed by atoms with van der Waals surface area (Å²) in [6.45, 7) is 4.27. The maximum Gasteiger partial charge on any atom is 0.194 e. The molecule has 0 aliphatic carbocycles. The Hall–Kier alpha value is -2.69. The fraction of sp³-hybridized carbons (Fsp3) is 0.350. The first-order chi connectivity index (χ1) is 12.2. The molecule has 0 aliphatic rings. The second kappa shape index (κ2) is 9.57. The van der Waals surface area contributed by atoms with E-state index in [1.165, 1.54) is 5.56 Å². The summed E-state index contributed by atoms with van der Waals surface area (Å²) in [5.41, 5.74) is 2.32. The highest BCUT2D eigenvalue weighted by Crippen LogP contribution is 2.27. The molecule has 5 heteroatoms. The SMILES string of the molecule is CCNC(=NCc1ccc(OC)c(OC)c1)N(C)Cc1ccccc1. The van der Waals surface area contributed by atoms with Crippen molar-refractivity contribution in [3.05, 3.63) is 59.7 Å². The van der Waals surface area contributed by atoms with Gasteiger partial charge in [-0.1, -0.05) is 36.4 Å². The van der Waals surface area contributed by atoms with E-state index >= 15 is 0 Å². The highest BCUT2D eigenvalue weighted by Gasteiger charge is 2.08. The summed E-state index contributed by atoms with van der Waals surface area (Å²) < 4.78 is 10.6. The van der Waals surface area contributed by atoms with Crippen molar-refractivity contribution in [2.24, 2.45) is 4.99 Å². The highest BCUT2D eigenvalue weighted by molar-refractivity contribution is 5.79. The van der Waals surface area contributed by atoms with Gasteiger partial charge in [-0.15, -0.1) is 0 Å². The predicted molar refractivity (Wildman–Crippen MR) is 102 cm³/mol. The lowest BCUT2D eigenvalue weighted by Gasteiger charge is -2.22. The fourth-order valence-corrected chi connectivity index (χ4v) is 2.55. The molecule has 0 saturated carbocycles. The van der Waals surface area contributed by atoms with E-state index in [0.29, 0.717) is 6.54 Å². The normalized spacial score (nSPS) is 11.1. The van der Waals surface area contributed by atoms with Crippen LogP contribution < -0.4 is 14.8 Å². The van der Waals surface area contributed by atoms with Gasteiger partial charge in [-0.3, -0.25) is 0 Å². The van der Waals surface area contributed by atoms with Crippen LogP contribution in [0.1, 0.15) is 18.1 Å². The molecule has 134 valence electrons. The van der Waals surface area contributed by atoms with E-state index in [0.717, 1.165) is 36.1 Å². The number of nitrogens with one attached hydrogen (secondary N) is 1. The number of aliphatic imine (C=N–C) groups is 1. The highest BCUT2D eigenvalue weighted by atomic mass is 16.5. The van der Waals surface area contributed by atoms with Crippen molar-refractivity contribution in [1.29, 1.82) is 0 Å². The van der Waals surface area contributed by atoms with Gasteiger partial charge in [0.25, 0.3) is 0 Å². The summed E-state index contributed by atoms with van der Waals surface area (Å²) in [4.78, 5) is 6.87. The number of rotatable bonds is 7. The van der Waals surface area contributed by atoms with Crippen molar-refractivity contribution in [3.63, 3.8) is 0 Å². The minimum Gasteiger partial charge on any atom is -0.493 e. The summed E-state index contributed by atoms with van der Waals surface area (Å²) in [6.07, 6.45) is 0. The minimum absolute atomic E-state index is 0.571. The molecule has 0 amide bonds. The van der Waals surface area contributed by atoms with Gasteiger partial charge in [-0.05, 0) is 30.2 Å². The fourth-order valence-electron chi connectivity index (χ4n) is 2.55. The molecule has 5 nitrogen and oxygen atoms in total. The molecule has 0 saturated heterocycles. The summed E-state index contributed by atoms with van der Waals surface area (Å²) in [5.74, 6) is 2.32. The van der Waals surface area contributed by atoms with Crippen LogP contribution in [-0.4, -0.2) is 38.7 Å². The Bertz CT molecular complexity index is 687. The number of methoxy groups -OCH3 is 2. The molecule has 2 aromatic carbocycles. The van der Waals surface area contributed by atoms with Gasteiger partial charge in [0.2, 0.25) is 0 Å². The van der Waals surface area contributed by atoms with Crippen molar-refractivity contribution < 1.29 is 9.47 Å². The first-order valence-corrected chi connectivity index (χ1v) is 8.42. The number of hydrogen-bond acceptors (Lipinski definition) is 3. The van der Waals surface area contributed by atoms with Crippen molar-refractivity contribution in [1.82, 2.24) is 10.2 Å². The predicted octanol–water partition coefficient (Wildman–Crippen LogP) is 3.30. The Morgan fingerprint density at radius 1 is 1.00 bits per heavy atom. The van der Waals surface area contributed by atoms with Gasteiger partial charge in [0.15, 0.2) is 17.5 Å². The van der Waals surface area contributed by atoms with Crippen LogP contribution in [0.4, 0.5) is 0 Å². The summed E-state index contributed by atoms with van der Waals surface area (Å²) >= 11 is 0. The Labute approximate surface area is 150 Å². The van der Waals surface area contributed by atoms with E-state index in [9.17, 15) is 0 Å². The third kappa shape index (κ3) is 5.41. The first kappa shape index (κ1) is 18.6. The van der Waals surface area contributed by atoms with Gasteiger partial charge in [-0.25, -0.2) is 4.99 Å². The zero-order chi connectivity index (χ0) is 18.1. The van der Waals surface area contributed by atoms with Crippen LogP contribution in [0, 0.1) is 0 Å². The minimum atomic E-state index is 0.571. The lowest BCUT2D eigenvalue weighted by atomic mass is 10.2. The monoisotopic (exact) mass is 341 g/mol. The van der Waals surface area contributed by atoms with Gasteiger partial charge >= 0.3 is 0 Å². The summed E-state index contributed by atoms with van der Waals surface area (Å²) in [5, 5.41) is 3.34. The van der Waals surface area contributed by atoms with Crippen molar-refractivity contribution >= 4 is 5.96 Å². The van der Waals surface area contributed by atoms with Crippen LogP contribution in [0.2, 0.25) is 0 Å². The van der Waals surface area contributed by atoms with Crippen molar-refractivity contribution in [3.8, 4) is 11.5 Å². The first-order valence-electron chi connectivity index (χ1n) is 8.42.